The third-order valence-corrected chi connectivity index (χ3v) is 4.53. The number of allylic oxidation sites excluding steroid dienone is 1. The Morgan fingerprint density at radius 2 is 1.67 bits per heavy atom. The van der Waals surface area contributed by atoms with Crippen LogP contribution in [-0.2, 0) is 0 Å². The Hall–Kier alpha value is -3.80. The molecule has 6 heteroatoms. The predicted molar refractivity (Wildman–Crippen MR) is 115 cm³/mol. The van der Waals surface area contributed by atoms with Crippen LogP contribution in [0, 0.1) is 24.0 Å². The minimum atomic E-state index is -0.926. The van der Waals surface area contributed by atoms with Crippen LogP contribution < -0.4 is 5.32 Å². The molecule has 0 atom stereocenters. The molecule has 0 saturated heterocycles. The molecule has 0 aliphatic carbocycles. The lowest BCUT2D eigenvalue weighted by atomic mass is 9.97. The Labute approximate surface area is 173 Å². The van der Waals surface area contributed by atoms with E-state index in [0.29, 0.717) is 11.3 Å². The molecule has 0 unspecified atom stereocenters. The van der Waals surface area contributed by atoms with E-state index in [0.717, 1.165) is 28.8 Å². The van der Waals surface area contributed by atoms with Crippen LogP contribution in [0.15, 0.2) is 66.7 Å². The standard InChI is InChI=1S/C24H20F2N2O2/c1-14-6-7-17(22(29)12-15(2)27)13-19(14)16-8-10-18(11-9-16)28-24(30)23-20(25)4-3-5-21(23)26/h3-13,27,29H,1-2H3,(H,28,30)/b22-12-,27-15?. The van der Waals surface area contributed by atoms with Crippen molar-refractivity contribution in [3.8, 4) is 11.1 Å². The molecular formula is C24H20F2N2O2. The number of hydrogen-bond donors (Lipinski definition) is 3. The normalized spacial score (nSPS) is 11.3. The molecule has 0 spiro atoms. The fourth-order valence-electron chi connectivity index (χ4n) is 3.02. The quantitative estimate of drug-likeness (QED) is 0.352. The highest BCUT2D eigenvalue weighted by Crippen LogP contribution is 2.28. The van der Waals surface area contributed by atoms with Crippen molar-refractivity contribution >= 4 is 23.1 Å². The number of aryl methyl sites for hydroxylation is 1. The van der Waals surface area contributed by atoms with Gasteiger partial charge in [0, 0.05) is 23.0 Å². The largest absolute Gasteiger partial charge is 0.507 e. The summed E-state index contributed by atoms with van der Waals surface area (Å²) < 4.78 is 27.6. The Morgan fingerprint density at radius 3 is 2.27 bits per heavy atom. The molecule has 0 bridgehead atoms. The third-order valence-electron chi connectivity index (χ3n) is 4.53. The van der Waals surface area contributed by atoms with Crippen LogP contribution >= 0.6 is 0 Å². The van der Waals surface area contributed by atoms with Gasteiger partial charge in [-0.3, -0.25) is 4.79 Å². The first-order valence-corrected chi connectivity index (χ1v) is 9.19. The highest BCUT2D eigenvalue weighted by Gasteiger charge is 2.17. The van der Waals surface area contributed by atoms with Crippen molar-refractivity contribution in [3.63, 3.8) is 0 Å². The maximum atomic E-state index is 13.8. The van der Waals surface area contributed by atoms with Crippen LogP contribution in [0.2, 0.25) is 0 Å². The average molecular weight is 406 g/mol. The van der Waals surface area contributed by atoms with E-state index in [2.05, 4.69) is 5.32 Å². The second kappa shape index (κ2) is 8.69. The van der Waals surface area contributed by atoms with Crippen molar-refractivity contribution in [2.24, 2.45) is 0 Å². The highest BCUT2D eigenvalue weighted by molar-refractivity contribution is 6.04. The molecule has 3 N–H and O–H groups in total. The van der Waals surface area contributed by atoms with Gasteiger partial charge in [0.05, 0.1) is 0 Å². The fourth-order valence-corrected chi connectivity index (χ4v) is 3.02. The molecule has 3 aromatic carbocycles. The lowest BCUT2D eigenvalue weighted by Gasteiger charge is -2.11. The van der Waals surface area contributed by atoms with Gasteiger partial charge in [0.1, 0.15) is 23.0 Å². The molecular weight excluding hydrogens is 386 g/mol. The predicted octanol–water partition coefficient (Wildman–Crippen LogP) is 6.13. The molecule has 0 saturated carbocycles. The van der Waals surface area contributed by atoms with E-state index in [-0.39, 0.29) is 11.5 Å². The number of benzene rings is 3. The summed E-state index contributed by atoms with van der Waals surface area (Å²) in [6.07, 6.45) is 1.37. The molecule has 1 amide bonds. The van der Waals surface area contributed by atoms with Gasteiger partial charge >= 0.3 is 0 Å². The highest BCUT2D eigenvalue weighted by atomic mass is 19.1. The van der Waals surface area contributed by atoms with Crippen LogP contribution in [0.3, 0.4) is 0 Å². The molecule has 3 aromatic rings. The maximum Gasteiger partial charge on any atom is 0.261 e. The molecule has 152 valence electrons. The number of amides is 1. The molecule has 30 heavy (non-hydrogen) atoms. The summed E-state index contributed by atoms with van der Waals surface area (Å²) in [5, 5.41) is 20.1. The second-order valence-electron chi connectivity index (χ2n) is 6.87. The molecule has 0 aromatic heterocycles. The smallest absolute Gasteiger partial charge is 0.261 e. The van der Waals surface area contributed by atoms with Gasteiger partial charge in [-0.1, -0.05) is 30.3 Å². The van der Waals surface area contributed by atoms with Crippen LogP contribution in [0.1, 0.15) is 28.4 Å². The van der Waals surface area contributed by atoms with E-state index in [1.807, 2.05) is 19.1 Å². The van der Waals surface area contributed by atoms with E-state index < -0.39 is 23.1 Å². The Bertz CT molecular complexity index is 1130. The van der Waals surface area contributed by atoms with Crippen molar-refractivity contribution < 1.29 is 18.7 Å². The zero-order valence-electron chi connectivity index (χ0n) is 16.5. The summed E-state index contributed by atoms with van der Waals surface area (Å²) >= 11 is 0. The zero-order valence-corrected chi connectivity index (χ0v) is 16.5. The number of nitrogens with one attached hydrogen (secondary N) is 2. The van der Waals surface area contributed by atoms with Crippen molar-refractivity contribution in [2.75, 3.05) is 5.32 Å². The van der Waals surface area contributed by atoms with E-state index in [1.165, 1.54) is 12.1 Å². The van der Waals surface area contributed by atoms with Gasteiger partial charge in [-0.15, -0.1) is 0 Å². The SMILES string of the molecule is CC(=N)/C=C(\O)c1ccc(C)c(-c2ccc(NC(=O)c3c(F)cccc3F)cc2)c1. The van der Waals surface area contributed by atoms with E-state index in [1.54, 1.807) is 37.3 Å². The summed E-state index contributed by atoms with van der Waals surface area (Å²) in [6.45, 7) is 3.50. The van der Waals surface area contributed by atoms with Crippen molar-refractivity contribution in [3.05, 3.63) is 95.1 Å². The molecule has 0 heterocycles. The van der Waals surface area contributed by atoms with Crippen molar-refractivity contribution in [1.82, 2.24) is 0 Å². The number of halogens is 2. The summed E-state index contributed by atoms with van der Waals surface area (Å²) in [5.41, 5.74) is 3.26. The Morgan fingerprint density at radius 1 is 1.03 bits per heavy atom. The maximum absolute atomic E-state index is 13.8. The molecule has 4 nitrogen and oxygen atoms in total. The minimum Gasteiger partial charge on any atom is -0.507 e. The summed E-state index contributed by atoms with van der Waals surface area (Å²) in [4.78, 5) is 12.2. The summed E-state index contributed by atoms with van der Waals surface area (Å²) in [5.74, 6) is -2.72. The summed E-state index contributed by atoms with van der Waals surface area (Å²) in [7, 11) is 0. The second-order valence-corrected chi connectivity index (χ2v) is 6.87. The average Bonchev–Trinajstić information content (AvgIpc) is 2.68. The van der Waals surface area contributed by atoms with Gasteiger partial charge in [-0.25, -0.2) is 8.78 Å². The molecule has 0 radical (unpaired) electrons. The lowest BCUT2D eigenvalue weighted by molar-refractivity contribution is 0.101. The summed E-state index contributed by atoms with van der Waals surface area (Å²) in [6, 6.07) is 15.5. The molecule has 0 aliphatic rings. The van der Waals surface area contributed by atoms with Gasteiger partial charge in [0.15, 0.2) is 0 Å². The van der Waals surface area contributed by atoms with Gasteiger partial charge in [-0.2, -0.15) is 0 Å². The molecule has 0 fully saturated rings. The van der Waals surface area contributed by atoms with Crippen molar-refractivity contribution in [2.45, 2.75) is 13.8 Å². The van der Waals surface area contributed by atoms with E-state index in [4.69, 9.17) is 5.41 Å². The Balaban J connectivity index is 1.86. The topological polar surface area (TPSA) is 73.2 Å². The molecule has 0 aliphatic heterocycles. The number of aliphatic hydroxyl groups excluding tert-OH is 1. The first-order chi connectivity index (χ1) is 14.3. The number of aliphatic hydroxyl groups is 1. The van der Waals surface area contributed by atoms with Gasteiger partial charge in [0.2, 0.25) is 0 Å². The first kappa shape index (κ1) is 20.9. The Kier molecular flexibility index (Phi) is 6.06. The lowest BCUT2D eigenvalue weighted by Crippen LogP contribution is -2.15. The zero-order chi connectivity index (χ0) is 21.8. The third kappa shape index (κ3) is 4.60. The van der Waals surface area contributed by atoms with Crippen LogP contribution in [0.4, 0.5) is 14.5 Å². The monoisotopic (exact) mass is 406 g/mol. The van der Waals surface area contributed by atoms with Crippen molar-refractivity contribution in [1.29, 1.82) is 5.41 Å². The number of carbonyl (C=O) groups is 1. The minimum absolute atomic E-state index is 0.000419. The fraction of sp³-hybridized carbons (Fsp3) is 0.0833. The van der Waals surface area contributed by atoms with Crippen LogP contribution in [0.25, 0.3) is 16.9 Å². The molecule has 3 rings (SSSR count). The number of rotatable bonds is 5. The van der Waals surface area contributed by atoms with Gasteiger partial charge in [-0.05, 0) is 60.9 Å². The van der Waals surface area contributed by atoms with Crippen LogP contribution in [0.5, 0.6) is 0 Å². The van der Waals surface area contributed by atoms with Crippen LogP contribution in [-0.4, -0.2) is 16.7 Å². The van der Waals surface area contributed by atoms with Gasteiger partial charge < -0.3 is 15.8 Å². The number of carbonyl (C=O) groups excluding carboxylic acids is 1. The number of anilines is 1. The van der Waals surface area contributed by atoms with E-state index in [9.17, 15) is 18.7 Å². The van der Waals surface area contributed by atoms with E-state index >= 15 is 0 Å². The van der Waals surface area contributed by atoms with Gasteiger partial charge in [0.25, 0.3) is 5.91 Å². The first-order valence-electron chi connectivity index (χ1n) is 9.19. The number of hydrogen-bond acceptors (Lipinski definition) is 3.